The summed E-state index contributed by atoms with van der Waals surface area (Å²) in [5.41, 5.74) is 2.07. The van der Waals surface area contributed by atoms with Gasteiger partial charge in [0.2, 0.25) is 0 Å². The Balaban J connectivity index is 2.37. The number of hydrogen-bond donors (Lipinski definition) is 0. The third kappa shape index (κ3) is 2.13. The van der Waals surface area contributed by atoms with E-state index in [4.69, 9.17) is 11.6 Å². The first-order valence-corrected chi connectivity index (χ1v) is 5.11. The van der Waals surface area contributed by atoms with E-state index < -0.39 is 0 Å². The van der Waals surface area contributed by atoms with Gasteiger partial charge in [0.05, 0.1) is 10.7 Å². The SMILES string of the molecule is CN(c1ccccc1)c1c[c]ccc1Cl. The molecule has 0 saturated carbocycles. The Morgan fingerprint density at radius 2 is 1.87 bits per heavy atom. The minimum atomic E-state index is 0.736. The van der Waals surface area contributed by atoms with Crippen LogP contribution >= 0.6 is 11.6 Å². The molecule has 0 aliphatic heterocycles. The Morgan fingerprint density at radius 3 is 2.53 bits per heavy atom. The topological polar surface area (TPSA) is 3.24 Å². The van der Waals surface area contributed by atoms with Gasteiger partial charge in [-0.1, -0.05) is 35.9 Å². The Morgan fingerprint density at radius 1 is 1.13 bits per heavy atom. The average molecular weight is 217 g/mol. The number of hydrogen-bond acceptors (Lipinski definition) is 1. The molecule has 0 amide bonds. The van der Waals surface area contributed by atoms with Gasteiger partial charge in [-0.05, 0) is 30.3 Å². The van der Waals surface area contributed by atoms with Gasteiger partial charge < -0.3 is 4.90 Å². The third-order valence-corrected chi connectivity index (χ3v) is 2.62. The molecule has 0 saturated heterocycles. The van der Waals surface area contributed by atoms with Crippen LogP contribution in [0.25, 0.3) is 0 Å². The van der Waals surface area contributed by atoms with Crippen LogP contribution in [0.1, 0.15) is 0 Å². The van der Waals surface area contributed by atoms with Gasteiger partial charge in [-0.2, -0.15) is 0 Å². The molecule has 0 atom stereocenters. The van der Waals surface area contributed by atoms with Gasteiger partial charge in [0.1, 0.15) is 0 Å². The summed E-state index contributed by atoms with van der Waals surface area (Å²) in [6, 6.07) is 18.7. The van der Waals surface area contributed by atoms with E-state index in [-0.39, 0.29) is 0 Å². The highest BCUT2D eigenvalue weighted by molar-refractivity contribution is 6.33. The van der Waals surface area contributed by atoms with Crippen molar-refractivity contribution in [1.29, 1.82) is 0 Å². The molecule has 1 radical (unpaired) electrons. The first-order chi connectivity index (χ1) is 7.29. The zero-order chi connectivity index (χ0) is 10.7. The van der Waals surface area contributed by atoms with E-state index in [0.717, 1.165) is 16.4 Å². The number of benzene rings is 2. The molecule has 2 rings (SSSR count). The standard InChI is InChI=1S/C13H11ClN/c1-15(11-7-3-2-4-8-11)13-10-6-5-9-12(13)14/h2-5,7-10H,1H3. The molecule has 0 unspecified atom stereocenters. The molecule has 0 aliphatic rings. The molecule has 0 aromatic heterocycles. The van der Waals surface area contributed by atoms with Crippen molar-refractivity contribution in [3.8, 4) is 0 Å². The Labute approximate surface area is 94.9 Å². The zero-order valence-corrected chi connectivity index (χ0v) is 9.20. The van der Waals surface area contributed by atoms with E-state index in [1.165, 1.54) is 0 Å². The number of rotatable bonds is 2. The summed E-state index contributed by atoms with van der Waals surface area (Å²) in [5.74, 6) is 0. The second kappa shape index (κ2) is 4.37. The van der Waals surface area contributed by atoms with Crippen LogP contribution in [0.3, 0.4) is 0 Å². The molecule has 15 heavy (non-hydrogen) atoms. The van der Waals surface area contributed by atoms with Crippen LogP contribution in [0.2, 0.25) is 5.02 Å². The summed E-state index contributed by atoms with van der Waals surface area (Å²) in [4.78, 5) is 2.04. The summed E-state index contributed by atoms with van der Waals surface area (Å²) in [7, 11) is 1.99. The summed E-state index contributed by atoms with van der Waals surface area (Å²) in [6.45, 7) is 0. The van der Waals surface area contributed by atoms with Gasteiger partial charge in [0.25, 0.3) is 0 Å². The van der Waals surface area contributed by atoms with Gasteiger partial charge in [-0.25, -0.2) is 0 Å². The van der Waals surface area contributed by atoms with Gasteiger partial charge >= 0.3 is 0 Å². The van der Waals surface area contributed by atoms with Crippen molar-refractivity contribution in [3.05, 3.63) is 59.6 Å². The van der Waals surface area contributed by atoms with Gasteiger partial charge in [0, 0.05) is 12.7 Å². The Kier molecular flexibility index (Phi) is 2.93. The van der Waals surface area contributed by atoms with Crippen LogP contribution in [0, 0.1) is 6.07 Å². The van der Waals surface area contributed by atoms with Crippen LogP contribution in [-0.4, -0.2) is 7.05 Å². The van der Waals surface area contributed by atoms with Crippen molar-refractivity contribution in [1.82, 2.24) is 0 Å². The fraction of sp³-hybridized carbons (Fsp3) is 0.0769. The third-order valence-electron chi connectivity index (χ3n) is 2.30. The highest BCUT2D eigenvalue weighted by atomic mass is 35.5. The lowest BCUT2D eigenvalue weighted by molar-refractivity contribution is 1.21. The van der Waals surface area contributed by atoms with Crippen LogP contribution in [-0.2, 0) is 0 Å². The van der Waals surface area contributed by atoms with Crippen molar-refractivity contribution in [2.75, 3.05) is 11.9 Å². The molecule has 0 fully saturated rings. The van der Waals surface area contributed by atoms with Gasteiger partial charge in [-0.15, -0.1) is 0 Å². The predicted molar refractivity (Wildman–Crippen MR) is 64.8 cm³/mol. The van der Waals surface area contributed by atoms with E-state index in [9.17, 15) is 0 Å². The van der Waals surface area contributed by atoms with E-state index in [2.05, 4.69) is 6.07 Å². The normalized spacial score (nSPS) is 10.0. The van der Waals surface area contributed by atoms with Crippen LogP contribution in [0.4, 0.5) is 11.4 Å². The van der Waals surface area contributed by atoms with Crippen LogP contribution in [0.5, 0.6) is 0 Å². The highest BCUT2D eigenvalue weighted by Gasteiger charge is 2.06. The monoisotopic (exact) mass is 216 g/mol. The summed E-state index contributed by atoms with van der Waals surface area (Å²) in [6.07, 6.45) is 0. The smallest absolute Gasteiger partial charge is 0.0643 e. The molecule has 2 aromatic rings. The van der Waals surface area contributed by atoms with Crippen molar-refractivity contribution < 1.29 is 0 Å². The molecule has 0 bridgehead atoms. The molecular formula is C13H11ClN. The average Bonchev–Trinajstić information content (AvgIpc) is 2.30. The second-order valence-corrected chi connectivity index (χ2v) is 3.68. The number of anilines is 2. The molecule has 75 valence electrons. The quantitative estimate of drug-likeness (QED) is 0.736. The van der Waals surface area contributed by atoms with Crippen molar-refractivity contribution in [2.24, 2.45) is 0 Å². The first kappa shape index (κ1) is 10.1. The fourth-order valence-electron chi connectivity index (χ4n) is 1.45. The minimum absolute atomic E-state index is 0.736. The maximum atomic E-state index is 6.11. The molecule has 1 nitrogen and oxygen atoms in total. The number of halogens is 1. The number of para-hydroxylation sites is 1. The largest absolute Gasteiger partial charge is 0.343 e. The molecule has 2 aromatic carbocycles. The zero-order valence-electron chi connectivity index (χ0n) is 8.44. The summed E-state index contributed by atoms with van der Waals surface area (Å²) in [5, 5.41) is 0.736. The molecule has 0 spiro atoms. The van der Waals surface area contributed by atoms with E-state index in [1.807, 2.05) is 60.5 Å². The molecule has 0 heterocycles. The Bertz CT molecular complexity index is 439. The molecule has 2 heteroatoms. The minimum Gasteiger partial charge on any atom is -0.343 e. The van der Waals surface area contributed by atoms with Crippen molar-refractivity contribution in [3.63, 3.8) is 0 Å². The first-order valence-electron chi connectivity index (χ1n) is 4.73. The van der Waals surface area contributed by atoms with Crippen LogP contribution in [0.15, 0.2) is 48.5 Å². The molecule has 0 aliphatic carbocycles. The van der Waals surface area contributed by atoms with Crippen LogP contribution < -0.4 is 4.90 Å². The molecule has 0 N–H and O–H groups in total. The Hall–Kier alpha value is -1.47. The lowest BCUT2D eigenvalue weighted by Crippen LogP contribution is -2.09. The van der Waals surface area contributed by atoms with E-state index in [1.54, 1.807) is 0 Å². The van der Waals surface area contributed by atoms with Gasteiger partial charge in [0.15, 0.2) is 0 Å². The fourth-order valence-corrected chi connectivity index (χ4v) is 1.69. The highest BCUT2D eigenvalue weighted by Crippen LogP contribution is 2.29. The van der Waals surface area contributed by atoms with E-state index >= 15 is 0 Å². The summed E-state index contributed by atoms with van der Waals surface area (Å²) < 4.78 is 0. The number of nitrogens with zero attached hydrogens (tertiary/aromatic N) is 1. The molecular weight excluding hydrogens is 206 g/mol. The lowest BCUT2D eigenvalue weighted by Gasteiger charge is -2.20. The van der Waals surface area contributed by atoms with Gasteiger partial charge in [-0.3, -0.25) is 0 Å². The summed E-state index contributed by atoms with van der Waals surface area (Å²) >= 11 is 6.11. The predicted octanol–water partition coefficient (Wildman–Crippen LogP) is 3.91. The van der Waals surface area contributed by atoms with Crippen molar-refractivity contribution in [2.45, 2.75) is 0 Å². The van der Waals surface area contributed by atoms with Crippen molar-refractivity contribution >= 4 is 23.0 Å². The lowest BCUT2D eigenvalue weighted by atomic mass is 10.2. The van der Waals surface area contributed by atoms with E-state index in [0.29, 0.717) is 0 Å². The maximum absolute atomic E-state index is 6.11. The second-order valence-electron chi connectivity index (χ2n) is 3.27. The maximum Gasteiger partial charge on any atom is 0.0643 e.